The molecule has 0 aliphatic heterocycles. The van der Waals surface area contributed by atoms with E-state index in [2.05, 4.69) is 15.3 Å². The van der Waals surface area contributed by atoms with Gasteiger partial charge in [-0.15, -0.1) is 11.8 Å². The maximum Gasteiger partial charge on any atom is 0.332 e. The molecule has 0 bridgehead atoms. The van der Waals surface area contributed by atoms with Gasteiger partial charge in [0.2, 0.25) is 0 Å². The molecule has 0 fully saturated rings. The molecule has 110 valence electrons. The molecule has 1 rings (SSSR count). The maximum atomic E-state index is 12.1. The Morgan fingerprint density at radius 1 is 1.35 bits per heavy atom. The van der Waals surface area contributed by atoms with Crippen LogP contribution < -0.4 is 5.32 Å². The van der Waals surface area contributed by atoms with E-state index in [0.29, 0.717) is 22.1 Å². The lowest BCUT2D eigenvalue weighted by Gasteiger charge is -2.11. The van der Waals surface area contributed by atoms with Crippen molar-refractivity contribution in [2.24, 2.45) is 0 Å². The summed E-state index contributed by atoms with van der Waals surface area (Å²) in [4.78, 5) is 30.9. The number of thioether (sulfide) groups is 1. The molecule has 0 aliphatic carbocycles. The molecule has 7 nitrogen and oxygen atoms in total. The topological polar surface area (TPSA) is 112 Å². The number of carbonyl (C=O) groups is 2. The van der Waals surface area contributed by atoms with Gasteiger partial charge in [-0.1, -0.05) is 0 Å². The summed E-state index contributed by atoms with van der Waals surface area (Å²) >= 11 is 1.34. The fraction of sp³-hybridized carbons (Fsp3) is 0.500. The molecule has 0 aliphatic rings. The van der Waals surface area contributed by atoms with Crippen molar-refractivity contribution in [3.05, 3.63) is 17.1 Å². The van der Waals surface area contributed by atoms with Crippen molar-refractivity contribution in [3.8, 4) is 0 Å². The zero-order valence-corrected chi connectivity index (χ0v) is 12.3. The minimum atomic E-state index is -1.48. The molecule has 0 saturated carbocycles. The number of rotatable bonds is 6. The normalized spacial score (nSPS) is 12.0. The van der Waals surface area contributed by atoms with E-state index in [1.54, 1.807) is 13.8 Å². The number of aliphatic carboxylic acids is 1. The number of carboxylic acid groups (broad SMARTS) is 1. The molecule has 3 N–H and O–H groups in total. The summed E-state index contributed by atoms with van der Waals surface area (Å²) in [6, 6.07) is 0. The smallest absolute Gasteiger partial charge is 0.332 e. The predicted molar refractivity (Wildman–Crippen MR) is 73.9 cm³/mol. The van der Waals surface area contributed by atoms with Gasteiger partial charge in [-0.3, -0.25) is 4.79 Å². The highest BCUT2D eigenvalue weighted by Crippen LogP contribution is 2.20. The Kier molecular flexibility index (Phi) is 5.90. The largest absolute Gasteiger partial charge is 0.479 e. The van der Waals surface area contributed by atoms with Crippen molar-refractivity contribution in [3.63, 3.8) is 0 Å². The highest BCUT2D eigenvalue weighted by Gasteiger charge is 2.18. The van der Waals surface area contributed by atoms with Crippen LogP contribution in [0.4, 0.5) is 0 Å². The molecule has 1 amide bonds. The second-order valence-electron chi connectivity index (χ2n) is 4.14. The number of aliphatic hydroxyl groups excluding tert-OH is 1. The zero-order valence-electron chi connectivity index (χ0n) is 11.5. The summed E-state index contributed by atoms with van der Waals surface area (Å²) < 4.78 is 0. The van der Waals surface area contributed by atoms with Crippen molar-refractivity contribution in [2.75, 3.05) is 12.8 Å². The Labute approximate surface area is 120 Å². The van der Waals surface area contributed by atoms with E-state index >= 15 is 0 Å². The van der Waals surface area contributed by atoms with Crippen LogP contribution >= 0.6 is 11.8 Å². The van der Waals surface area contributed by atoms with Gasteiger partial charge >= 0.3 is 5.97 Å². The van der Waals surface area contributed by atoms with Crippen LogP contribution in [0.15, 0.2) is 5.03 Å². The third kappa shape index (κ3) is 4.17. The van der Waals surface area contributed by atoms with Gasteiger partial charge in [-0.25, -0.2) is 14.8 Å². The highest BCUT2D eigenvalue weighted by molar-refractivity contribution is 7.98. The molecule has 20 heavy (non-hydrogen) atoms. The summed E-state index contributed by atoms with van der Waals surface area (Å²) in [5.41, 5.74) is 0.950. The molecule has 1 atom stereocenters. The molecule has 1 heterocycles. The summed E-state index contributed by atoms with van der Waals surface area (Å²) in [5, 5.41) is 20.8. The van der Waals surface area contributed by atoms with Crippen molar-refractivity contribution in [1.82, 2.24) is 15.3 Å². The lowest BCUT2D eigenvalue weighted by Crippen LogP contribution is -2.31. The molecule has 0 spiro atoms. The van der Waals surface area contributed by atoms with Crippen LogP contribution in [0.25, 0.3) is 0 Å². The lowest BCUT2D eigenvalue weighted by atomic mass is 10.2. The first-order valence-corrected chi connectivity index (χ1v) is 7.17. The Bertz CT molecular complexity index is 522. The van der Waals surface area contributed by atoms with Gasteiger partial charge in [0, 0.05) is 13.0 Å². The Hall–Kier alpha value is -1.67. The Balaban J connectivity index is 2.75. The molecule has 1 aromatic rings. The number of hydrogen-bond acceptors (Lipinski definition) is 6. The van der Waals surface area contributed by atoms with Crippen LogP contribution in [0.1, 0.15) is 28.3 Å². The van der Waals surface area contributed by atoms with Gasteiger partial charge in [0.1, 0.15) is 10.9 Å². The van der Waals surface area contributed by atoms with E-state index in [4.69, 9.17) is 10.2 Å². The lowest BCUT2D eigenvalue weighted by molar-refractivity contribution is -0.146. The molecule has 0 aromatic carbocycles. The van der Waals surface area contributed by atoms with Crippen molar-refractivity contribution >= 4 is 23.6 Å². The van der Waals surface area contributed by atoms with Gasteiger partial charge in [0.15, 0.2) is 6.10 Å². The standard InChI is InChI=1S/C12H17N3O4S/c1-6-9(11(20-3)15-7(2)14-6)10(17)13-5-4-8(16)12(18)19/h8,16H,4-5H2,1-3H3,(H,13,17)(H,18,19)/t8-/m0/s1. The van der Waals surface area contributed by atoms with Crippen LogP contribution in [0.3, 0.4) is 0 Å². The van der Waals surface area contributed by atoms with Crippen LogP contribution in [0.5, 0.6) is 0 Å². The van der Waals surface area contributed by atoms with E-state index < -0.39 is 12.1 Å². The third-order valence-corrected chi connectivity index (χ3v) is 3.26. The number of carboxylic acids is 1. The number of aliphatic hydroxyl groups is 1. The van der Waals surface area contributed by atoms with Crippen LogP contribution in [-0.4, -0.2) is 51.0 Å². The van der Waals surface area contributed by atoms with Gasteiger partial charge in [-0.2, -0.15) is 0 Å². The maximum absolute atomic E-state index is 12.1. The minimum Gasteiger partial charge on any atom is -0.479 e. The first-order valence-electron chi connectivity index (χ1n) is 5.95. The number of amides is 1. The average molecular weight is 299 g/mol. The van der Waals surface area contributed by atoms with E-state index in [-0.39, 0.29) is 18.9 Å². The number of carbonyl (C=O) groups excluding carboxylic acids is 1. The van der Waals surface area contributed by atoms with Crippen molar-refractivity contribution in [1.29, 1.82) is 0 Å². The molecule has 0 unspecified atom stereocenters. The van der Waals surface area contributed by atoms with E-state index in [1.807, 2.05) is 6.26 Å². The summed E-state index contributed by atoms with van der Waals surface area (Å²) in [5.74, 6) is -1.09. The SMILES string of the molecule is CSc1nc(C)nc(C)c1C(=O)NCC[C@H](O)C(=O)O. The van der Waals surface area contributed by atoms with Crippen LogP contribution in [0, 0.1) is 13.8 Å². The van der Waals surface area contributed by atoms with E-state index in [0.717, 1.165) is 0 Å². The Morgan fingerprint density at radius 2 is 2.00 bits per heavy atom. The second-order valence-corrected chi connectivity index (χ2v) is 4.93. The number of nitrogens with zero attached hydrogens (tertiary/aromatic N) is 2. The van der Waals surface area contributed by atoms with Gasteiger partial charge in [0.25, 0.3) is 5.91 Å². The second kappa shape index (κ2) is 7.20. The van der Waals surface area contributed by atoms with Gasteiger partial charge in [0.05, 0.1) is 11.3 Å². The first kappa shape index (κ1) is 16.4. The molecule has 0 radical (unpaired) electrons. The minimum absolute atomic E-state index is 0.0541. The highest BCUT2D eigenvalue weighted by atomic mass is 32.2. The summed E-state index contributed by atoms with van der Waals surface area (Å²) in [6.45, 7) is 3.53. The molecule has 1 aromatic heterocycles. The number of nitrogens with one attached hydrogen (secondary N) is 1. The van der Waals surface area contributed by atoms with Crippen molar-refractivity contribution < 1.29 is 19.8 Å². The number of hydrogen-bond donors (Lipinski definition) is 3. The van der Waals surface area contributed by atoms with E-state index in [1.165, 1.54) is 11.8 Å². The average Bonchev–Trinajstić information content (AvgIpc) is 2.36. The van der Waals surface area contributed by atoms with Gasteiger partial charge in [-0.05, 0) is 20.1 Å². The quantitative estimate of drug-likeness (QED) is 0.514. The molecular weight excluding hydrogens is 282 g/mol. The fourth-order valence-corrected chi connectivity index (χ4v) is 2.29. The molecule has 8 heteroatoms. The first-order chi connectivity index (χ1) is 9.36. The van der Waals surface area contributed by atoms with E-state index in [9.17, 15) is 9.59 Å². The van der Waals surface area contributed by atoms with Crippen LogP contribution in [-0.2, 0) is 4.79 Å². The number of aromatic nitrogens is 2. The van der Waals surface area contributed by atoms with Crippen LogP contribution in [0.2, 0.25) is 0 Å². The summed E-state index contributed by atoms with van der Waals surface area (Å²) in [6.07, 6.45) is 0.277. The van der Waals surface area contributed by atoms with Gasteiger partial charge < -0.3 is 15.5 Å². The third-order valence-electron chi connectivity index (χ3n) is 2.58. The zero-order chi connectivity index (χ0) is 15.3. The number of aryl methyl sites for hydroxylation is 2. The predicted octanol–water partition coefficient (Wildman–Crippen LogP) is 0.381. The van der Waals surface area contributed by atoms with Crippen molar-refractivity contribution in [2.45, 2.75) is 31.4 Å². The Morgan fingerprint density at radius 3 is 2.55 bits per heavy atom. The molecule has 0 saturated heterocycles. The fourth-order valence-electron chi connectivity index (χ4n) is 1.62. The monoisotopic (exact) mass is 299 g/mol. The molecular formula is C12H17N3O4S. The summed E-state index contributed by atoms with van der Waals surface area (Å²) in [7, 11) is 0.